The van der Waals surface area contributed by atoms with E-state index in [0.717, 1.165) is 61.8 Å². The van der Waals surface area contributed by atoms with Crippen LogP contribution in [0, 0.1) is 11.2 Å². The third-order valence-electron chi connectivity index (χ3n) is 6.50. The lowest BCUT2D eigenvalue weighted by Gasteiger charge is -2.40. The van der Waals surface area contributed by atoms with Crippen molar-refractivity contribution < 1.29 is 4.39 Å². The zero-order valence-electron chi connectivity index (χ0n) is 19.3. The second kappa shape index (κ2) is 9.77. The van der Waals surface area contributed by atoms with E-state index in [1.165, 1.54) is 6.07 Å². The molecule has 0 radical (unpaired) electrons. The Balaban J connectivity index is 1.24. The smallest absolute Gasteiger partial charge is 0.130 e. The van der Waals surface area contributed by atoms with E-state index in [-0.39, 0.29) is 11.9 Å². The molecule has 0 aliphatic carbocycles. The van der Waals surface area contributed by atoms with Crippen LogP contribution >= 0.6 is 0 Å². The van der Waals surface area contributed by atoms with Crippen LogP contribution in [0.25, 0.3) is 17.5 Å². The van der Waals surface area contributed by atoms with Gasteiger partial charge < -0.3 is 20.1 Å². The fourth-order valence-electron chi connectivity index (χ4n) is 4.75. The zero-order chi connectivity index (χ0) is 23.5. The molecule has 0 bridgehead atoms. The maximum absolute atomic E-state index is 13.7. The van der Waals surface area contributed by atoms with Crippen molar-refractivity contribution in [2.45, 2.75) is 31.8 Å². The van der Waals surface area contributed by atoms with Crippen molar-refractivity contribution in [2.75, 3.05) is 31.1 Å². The molecule has 2 aliphatic rings. The maximum Gasteiger partial charge on any atom is 0.130 e. The monoisotopic (exact) mass is 459 g/mol. The summed E-state index contributed by atoms with van der Waals surface area (Å²) in [5.41, 5.74) is 2.61. The Kier molecular flexibility index (Phi) is 6.40. The molecule has 0 spiro atoms. The molecule has 2 fully saturated rings. The first-order valence-electron chi connectivity index (χ1n) is 11.9. The first kappa shape index (κ1) is 22.3. The van der Waals surface area contributed by atoms with Crippen LogP contribution < -0.4 is 10.2 Å². The third kappa shape index (κ3) is 4.72. The normalized spacial score (nSPS) is 18.6. The molecule has 1 atom stereocenters. The Morgan fingerprint density at radius 1 is 1.26 bits per heavy atom. The van der Waals surface area contributed by atoms with Crippen molar-refractivity contribution in [3.8, 4) is 11.4 Å². The quantitative estimate of drug-likeness (QED) is 0.364. The van der Waals surface area contributed by atoms with Crippen molar-refractivity contribution in [3.63, 3.8) is 0 Å². The number of aromatic nitrogens is 3. The van der Waals surface area contributed by atoms with Crippen LogP contribution in [0.5, 0.6) is 0 Å². The number of nitrogens with zero attached hydrogens (tertiary/aromatic N) is 4. The minimum atomic E-state index is -0.237. The molecule has 0 amide bonds. The number of imidazole rings is 1. The lowest BCUT2D eigenvalue weighted by Crippen LogP contribution is -2.58. The highest BCUT2D eigenvalue weighted by molar-refractivity contribution is 5.94. The molecule has 1 aromatic carbocycles. The van der Waals surface area contributed by atoms with Gasteiger partial charge in [0.1, 0.15) is 23.3 Å². The summed E-state index contributed by atoms with van der Waals surface area (Å²) in [6, 6.07) is 13.3. The second-order valence-electron chi connectivity index (χ2n) is 8.85. The minimum Gasteiger partial charge on any atom is -0.353 e. The van der Waals surface area contributed by atoms with Crippen LogP contribution in [-0.4, -0.2) is 57.9 Å². The van der Waals surface area contributed by atoms with Gasteiger partial charge in [-0.05, 0) is 61.4 Å². The number of H-pyrrole nitrogens is 1. The molecule has 176 valence electrons. The summed E-state index contributed by atoms with van der Waals surface area (Å²) < 4.78 is 13.7. The van der Waals surface area contributed by atoms with E-state index in [1.54, 1.807) is 24.4 Å². The molecule has 2 saturated heterocycles. The van der Waals surface area contributed by atoms with Gasteiger partial charge in [-0.2, -0.15) is 0 Å². The topological polar surface area (TPSA) is 83.9 Å². The standard InChI is InChI=1S/C26H30FN7/c1-2-29-20-16-33(17-20)26-10-4-8-21(32-26)22-15-30-25(31-22)12-11-24(28)34-13-5-9-23(34)18-6-3-7-19(27)14-18/h3-4,6-8,10-12,14-15,20,23,28-29H,2,5,9,13,16-17H2,1H3,(H,30,31)/b12-11-,28-24?/t23-/m1/s1. The number of hydrogen-bond donors (Lipinski definition) is 3. The van der Waals surface area contributed by atoms with E-state index >= 15 is 0 Å². The molecule has 8 heteroatoms. The molecule has 0 unspecified atom stereocenters. The van der Waals surface area contributed by atoms with Gasteiger partial charge in [-0.3, -0.25) is 5.41 Å². The highest BCUT2D eigenvalue weighted by atomic mass is 19.1. The molecule has 3 N–H and O–H groups in total. The van der Waals surface area contributed by atoms with Gasteiger partial charge in [-0.15, -0.1) is 0 Å². The van der Waals surface area contributed by atoms with Crippen molar-refractivity contribution in [1.29, 1.82) is 5.41 Å². The van der Waals surface area contributed by atoms with E-state index in [0.29, 0.717) is 17.7 Å². The van der Waals surface area contributed by atoms with E-state index < -0.39 is 0 Å². The zero-order valence-corrected chi connectivity index (χ0v) is 19.3. The number of pyridine rings is 1. The number of halogens is 1. The van der Waals surface area contributed by atoms with Crippen molar-refractivity contribution in [1.82, 2.24) is 25.2 Å². The van der Waals surface area contributed by atoms with Gasteiger partial charge in [0.15, 0.2) is 0 Å². The number of amidine groups is 1. The predicted molar refractivity (Wildman–Crippen MR) is 133 cm³/mol. The maximum atomic E-state index is 13.7. The highest BCUT2D eigenvalue weighted by Gasteiger charge is 2.28. The number of aromatic amines is 1. The Bertz CT molecular complexity index is 1180. The fourth-order valence-corrected chi connectivity index (χ4v) is 4.75. The first-order valence-corrected chi connectivity index (χ1v) is 11.9. The van der Waals surface area contributed by atoms with Crippen LogP contribution in [0.1, 0.15) is 37.2 Å². The number of benzene rings is 1. The number of hydrogen-bond acceptors (Lipinski definition) is 5. The van der Waals surface area contributed by atoms with Crippen LogP contribution in [0.4, 0.5) is 10.2 Å². The Morgan fingerprint density at radius 3 is 2.94 bits per heavy atom. The average molecular weight is 460 g/mol. The number of anilines is 1. The molecule has 3 aromatic rings. The van der Waals surface area contributed by atoms with Gasteiger partial charge in [0.25, 0.3) is 0 Å². The Labute approximate surface area is 199 Å². The molecule has 2 aliphatic heterocycles. The molecular formula is C26H30FN7. The van der Waals surface area contributed by atoms with Crippen LogP contribution in [0.2, 0.25) is 0 Å². The largest absolute Gasteiger partial charge is 0.353 e. The van der Waals surface area contributed by atoms with Gasteiger partial charge in [-0.1, -0.05) is 25.1 Å². The summed E-state index contributed by atoms with van der Waals surface area (Å²) in [5.74, 6) is 1.80. The third-order valence-corrected chi connectivity index (χ3v) is 6.50. The fraction of sp³-hybridized carbons (Fsp3) is 0.346. The highest BCUT2D eigenvalue weighted by Crippen LogP contribution is 2.32. The summed E-state index contributed by atoms with van der Waals surface area (Å²) in [6.07, 6.45) is 7.24. The summed E-state index contributed by atoms with van der Waals surface area (Å²) in [6.45, 7) is 5.83. The van der Waals surface area contributed by atoms with Crippen LogP contribution in [0.15, 0.2) is 54.7 Å². The number of likely N-dealkylation sites (tertiary alicyclic amines) is 1. The average Bonchev–Trinajstić information content (AvgIpc) is 3.50. The molecule has 5 rings (SSSR count). The summed E-state index contributed by atoms with van der Waals surface area (Å²) in [7, 11) is 0. The number of likely N-dealkylation sites (N-methyl/N-ethyl adjacent to an activating group) is 1. The van der Waals surface area contributed by atoms with Crippen molar-refractivity contribution in [3.05, 3.63) is 71.9 Å². The molecule has 4 heterocycles. The lowest BCUT2D eigenvalue weighted by atomic mass is 10.0. The lowest BCUT2D eigenvalue weighted by molar-refractivity contribution is 0.399. The SMILES string of the molecule is CCNC1CN(c2cccc(-c3cnc(/C=C\C(=N)N4CCC[C@@H]4c4cccc(F)c4)[nH]3)n2)C1. The van der Waals surface area contributed by atoms with Gasteiger partial charge in [0.05, 0.1) is 23.6 Å². The van der Waals surface area contributed by atoms with Crippen LogP contribution in [-0.2, 0) is 0 Å². The predicted octanol–water partition coefficient (Wildman–Crippen LogP) is 4.24. The summed E-state index contributed by atoms with van der Waals surface area (Å²) >= 11 is 0. The van der Waals surface area contributed by atoms with Gasteiger partial charge in [0.2, 0.25) is 0 Å². The summed E-state index contributed by atoms with van der Waals surface area (Å²) in [4.78, 5) is 16.8. The minimum absolute atomic E-state index is 0.0283. The molecule has 2 aromatic heterocycles. The van der Waals surface area contributed by atoms with Gasteiger partial charge in [0, 0.05) is 25.7 Å². The van der Waals surface area contributed by atoms with E-state index in [9.17, 15) is 4.39 Å². The molecule has 0 saturated carbocycles. The Hall–Kier alpha value is -3.52. The number of nitrogens with one attached hydrogen (secondary N) is 3. The van der Waals surface area contributed by atoms with Gasteiger partial charge in [-0.25, -0.2) is 14.4 Å². The van der Waals surface area contributed by atoms with E-state index in [4.69, 9.17) is 10.4 Å². The van der Waals surface area contributed by atoms with Crippen molar-refractivity contribution >= 4 is 17.7 Å². The van der Waals surface area contributed by atoms with E-state index in [2.05, 4.69) is 27.1 Å². The van der Waals surface area contributed by atoms with Crippen LogP contribution in [0.3, 0.4) is 0 Å². The second-order valence-corrected chi connectivity index (χ2v) is 8.85. The Morgan fingerprint density at radius 2 is 2.12 bits per heavy atom. The molecular weight excluding hydrogens is 429 g/mol. The number of rotatable bonds is 7. The van der Waals surface area contributed by atoms with Gasteiger partial charge >= 0.3 is 0 Å². The molecule has 7 nitrogen and oxygen atoms in total. The summed E-state index contributed by atoms with van der Waals surface area (Å²) in [5, 5.41) is 12.0. The first-order chi connectivity index (χ1) is 16.6. The van der Waals surface area contributed by atoms with E-state index in [1.807, 2.05) is 35.2 Å². The molecule has 34 heavy (non-hydrogen) atoms. The van der Waals surface area contributed by atoms with Crippen molar-refractivity contribution in [2.24, 2.45) is 0 Å².